The highest BCUT2D eigenvalue weighted by Crippen LogP contribution is 2.27. The van der Waals surface area contributed by atoms with Gasteiger partial charge in [0.15, 0.2) is 0 Å². The molecule has 2 aromatic carbocycles. The molecule has 2 aromatic rings. The SMILES string of the molecule is C=C(Cc1ccccc1C(C)=CCC)c1ccc(C(C)(C)C)cc1. The molecule has 0 aliphatic rings. The highest BCUT2D eigenvalue weighted by molar-refractivity contribution is 5.72. The topological polar surface area (TPSA) is 0 Å². The Morgan fingerprint density at radius 1 is 1.00 bits per heavy atom. The van der Waals surface area contributed by atoms with E-state index >= 15 is 0 Å². The smallest absolute Gasteiger partial charge is 0.00197 e. The molecule has 0 aliphatic heterocycles. The second kappa shape index (κ2) is 7.66. The lowest BCUT2D eigenvalue weighted by atomic mass is 9.85. The van der Waals surface area contributed by atoms with Crippen molar-refractivity contribution < 1.29 is 0 Å². The Morgan fingerprint density at radius 3 is 2.21 bits per heavy atom. The van der Waals surface area contributed by atoms with E-state index in [1.165, 1.54) is 33.4 Å². The molecule has 0 aliphatic carbocycles. The number of hydrogen-bond acceptors (Lipinski definition) is 0. The lowest BCUT2D eigenvalue weighted by Crippen LogP contribution is -2.10. The summed E-state index contributed by atoms with van der Waals surface area (Å²) in [4.78, 5) is 0. The van der Waals surface area contributed by atoms with E-state index in [-0.39, 0.29) is 5.41 Å². The van der Waals surface area contributed by atoms with E-state index < -0.39 is 0 Å². The average molecular weight is 319 g/mol. The van der Waals surface area contributed by atoms with Crippen LogP contribution in [-0.4, -0.2) is 0 Å². The zero-order valence-corrected chi connectivity index (χ0v) is 15.8. The van der Waals surface area contributed by atoms with E-state index in [9.17, 15) is 0 Å². The first kappa shape index (κ1) is 18.3. The Hall–Kier alpha value is -2.08. The van der Waals surface area contributed by atoms with Crippen molar-refractivity contribution in [3.8, 4) is 0 Å². The van der Waals surface area contributed by atoms with E-state index in [2.05, 4.69) is 95.8 Å². The molecule has 0 bridgehead atoms. The summed E-state index contributed by atoms with van der Waals surface area (Å²) >= 11 is 0. The maximum atomic E-state index is 4.34. The number of hydrogen-bond donors (Lipinski definition) is 0. The Balaban J connectivity index is 2.23. The molecule has 0 saturated carbocycles. The fraction of sp³-hybridized carbons (Fsp3) is 0.333. The summed E-state index contributed by atoms with van der Waals surface area (Å²) in [6.45, 7) is 15.5. The molecule has 0 fully saturated rings. The van der Waals surface area contributed by atoms with Crippen molar-refractivity contribution >= 4 is 11.1 Å². The van der Waals surface area contributed by atoms with Gasteiger partial charge in [0.25, 0.3) is 0 Å². The second-order valence-corrected chi connectivity index (χ2v) is 7.56. The normalized spacial score (nSPS) is 12.3. The lowest BCUT2D eigenvalue weighted by Gasteiger charge is -2.19. The number of benzene rings is 2. The first-order valence-corrected chi connectivity index (χ1v) is 8.86. The van der Waals surface area contributed by atoms with Gasteiger partial charge in [0.2, 0.25) is 0 Å². The molecule has 0 atom stereocenters. The third kappa shape index (κ3) is 4.47. The monoisotopic (exact) mass is 318 g/mol. The third-order valence-electron chi connectivity index (χ3n) is 4.52. The molecule has 0 heterocycles. The summed E-state index contributed by atoms with van der Waals surface area (Å²) in [5.74, 6) is 0. The zero-order valence-electron chi connectivity index (χ0n) is 15.8. The van der Waals surface area contributed by atoms with Crippen LogP contribution in [0.1, 0.15) is 63.3 Å². The Bertz CT molecular complexity index is 721. The van der Waals surface area contributed by atoms with Gasteiger partial charge in [0.1, 0.15) is 0 Å². The van der Waals surface area contributed by atoms with Crippen molar-refractivity contribution in [1.82, 2.24) is 0 Å². The summed E-state index contributed by atoms with van der Waals surface area (Å²) in [5.41, 5.74) is 8.00. The molecule has 2 rings (SSSR count). The first-order chi connectivity index (χ1) is 11.3. The molecule has 0 saturated heterocycles. The van der Waals surface area contributed by atoms with Gasteiger partial charge in [0.05, 0.1) is 0 Å². The number of rotatable bonds is 5. The average Bonchev–Trinajstić information content (AvgIpc) is 2.55. The van der Waals surface area contributed by atoms with Gasteiger partial charge in [-0.25, -0.2) is 0 Å². The standard InChI is InChI=1S/C24H30/c1-7-10-18(2)23-12-9-8-11-21(23)17-19(3)20-13-15-22(16-14-20)24(4,5)6/h8-16H,3,7,17H2,1-2,4-6H3. The molecule has 0 unspecified atom stereocenters. The van der Waals surface area contributed by atoms with Gasteiger partial charge >= 0.3 is 0 Å². The van der Waals surface area contributed by atoms with Crippen LogP contribution in [0.15, 0.2) is 61.2 Å². The van der Waals surface area contributed by atoms with E-state index in [0.717, 1.165) is 12.8 Å². The van der Waals surface area contributed by atoms with Gasteiger partial charge < -0.3 is 0 Å². The molecule has 0 amide bonds. The van der Waals surface area contributed by atoms with Crippen molar-refractivity contribution in [1.29, 1.82) is 0 Å². The van der Waals surface area contributed by atoms with Gasteiger partial charge in [-0.15, -0.1) is 0 Å². The van der Waals surface area contributed by atoms with Crippen LogP contribution in [0.5, 0.6) is 0 Å². The quantitative estimate of drug-likeness (QED) is 0.554. The van der Waals surface area contributed by atoms with Crippen molar-refractivity contribution in [2.45, 2.75) is 52.9 Å². The Morgan fingerprint density at radius 2 is 1.62 bits per heavy atom. The van der Waals surface area contributed by atoms with Gasteiger partial charge in [-0.1, -0.05) is 88.9 Å². The van der Waals surface area contributed by atoms with Gasteiger partial charge in [-0.05, 0) is 58.6 Å². The predicted octanol–water partition coefficient (Wildman–Crippen LogP) is 7.05. The summed E-state index contributed by atoms with van der Waals surface area (Å²) in [6.07, 6.45) is 4.25. The van der Waals surface area contributed by atoms with Crippen LogP contribution in [0.2, 0.25) is 0 Å². The van der Waals surface area contributed by atoms with E-state index in [1.807, 2.05) is 0 Å². The molecule has 0 aromatic heterocycles. The maximum absolute atomic E-state index is 4.34. The molecule has 24 heavy (non-hydrogen) atoms. The zero-order chi connectivity index (χ0) is 17.7. The molecule has 0 N–H and O–H groups in total. The largest absolute Gasteiger partial charge is 0.0949 e. The predicted molar refractivity (Wildman–Crippen MR) is 108 cm³/mol. The van der Waals surface area contributed by atoms with Crippen LogP contribution >= 0.6 is 0 Å². The van der Waals surface area contributed by atoms with Crippen LogP contribution in [0.3, 0.4) is 0 Å². The van der Waals surface area contributed by atoms with Crippen molar-refractivity contribution in [2.24, 2.45) is 0 Å². The molecule has 126 valence electrons. The van der Waals surface area contributed by atoms with Gasteiger partial charge in [-0.3, -0.25) is 0 Å². The molecule has 0 heteroatoms. The third-order valence-corrected chi connectivity index (χ3v) is 4.52. The van der Waals surface area contributed by atoms with E-state index in [0.29, 0.717) is 0 Å². The molecular weight excluding hydrogens is 288 g/mol. The van der Waals surface area contributed by atoms with Crippen LogP contribution in [0, 0.1) is 0 Å². The number of allylic oxidation sites excluding steroid dienone is 3. The highest BCUT2D eigenvalue weighted by Gasteiger charge is 2.13. The summed E-state index contributed by atoms with van der Waals surface area (Å²) in [6, 6.07) is 17.6. The van der Waals surface area contributed by atoms with Crippen LogP contribution in [0.4, 0.5) is 0 Å². The summed E-state index contributed by atoms with van der Waals surface area (Å²) < 4.78 is 0. The summed E-state index contributed by atoms with van der Waals surface area (Å²) in [7, 11) is 0. The van der Waals surface area contributed by atoms with Crippen LogP contribution in [0.25, 0.3) is 11.1 Å². The van der Waals surface area contributed by atoms with Crippen molar-refractivity contribution in [3.63, 3.8) is 0 Å². The van der Waals surface area contributed by atoms with Crippen LogP contribution < -0.4 is 0 Å². The summed E-state index contributed by atoms with van der Waals surface area (Å²) in [5, 5.41) is 0. The molecular formula is C24H30. The minimum Gasteiger partial charge on any atom is -0.0949 e. The first-order valence-electron chi connectivity index (χ1n) is 8.86. The maximum Gasteiger partial charge on any atom is -0.00197 e. The van der Waals surface area contributed by atoms with Gasteiger partial charge in [-0.2, -0.15) is 0 Å². The van der Waals surface area contributed by atoms with Crippen molar-refractivity contribution in [2.75, 3.05) is 0 Å². The minimum absolute atomic E-state index is 0.189. The van der Waals surface area contributed by atoms with E-state index in [4.69, 9.17) is 0 Å². The Kier molecular flexibility index (Phi) is 5.83. The highest BCUT2D eigenvalue weighted by atomic mass is 14.2. The molecule has 0 radical (unpaired) electrons. The Labute approximate surface area is 147 Å². The second-order valence-electron chi connectivity index (χ2n) is 7.56. The van der Waals surface area contributed by atoms with E-state index in [1.54, 1.807) is 0 Å². The molecule has 0 nitrogen and oxygen atoms in total. The minimum atomic E-state index is 0.189. The fourth-order valence-electron chi connectivity index (χ4n) is 3.01. The van der Waals surface area contributed by atoms with Crippen LogP contribution in [-0.2, 0) is 11.8 Å². The van der Waals surface area contributed by atoms with Crippen molar-refractivity contribution in [3.05, 3.63) is 83.4 Å². The fourth-order valence-corrected chi connectivity index (χ4v) is 3.01. The lowest BCUT2D eigenvalue weighted by molar-refractivity contribution is 0.590. The molecule has 0 spiro atoms. The van der Waals surface area contributed by atoms with Gasteiger partial charge in [0, 0.05) is 0 Å².